The van der Waals surface area contributed by atoms with Gasteiger partial charge in [-0.15, -0.1) is 0 Å². The fourth-order valence-electron chi connectivity index (χ4n) is 1.86. The van der Waals surface area contributed by atoms with E-state index in [0.29, 0.717) is 26.1 Å². The molecule has 1 rings (SSSR count). The van der Waals surface area contributed by atoms with Crippen LogP contribution in [0.25, 0.3) is 0 Å². The highest BCUT2D eigenvalue weighted by Gasteiger charge is 2.30. The summed E-state index contributed by atoms with van der Waals surface area (Å²) in [4.78, 5) is 14.0. The number of hydrogen-bond donors (Lipinski definition) is 1. The van der Waals surface area contributed by atoms with E-state index in [9.17, 15) is 4.79 Å². The van der Waals surface area contributed by atoms with E-state index in [1.165, 1.54) is 0 Å². The van der Waals surface area contributed by atoms with Crippen LogP contribution >= 0.6 is 0 Å². The van der Waals surface area contributed by atoms with Crippen LogP contribution in [-0.4, -0.2) is 42.6 Å². The Morgan fingerprint density at radius 2 is 2.12 bits per heavy atom. The number of rotatable bonds is 2. The Hall–Kier alpha value is -0.610. The Morgan fingerprint density at radius 3 is 2.62 bits per heavy atom. The topological polar surface area (TPSA) is 55.6 Å². The Kier molecular flexibility index (Phi) is 4.33. The molecule has 0 bridgehead atoms. The fourth-order valence-corrected chi connectivity index (χ4v) is 1.86. The first-order valence-electron chi connectivity index (χ1n) is 5.94. The average Bonchev–Trinajstić information content (AvgIpc) is 2.15. The van der Waals surface area contributed by atoms with Gasteiger partial charge in [0.05, 0.1) is 18.8 Å². The molecule has 0 spiro atoms. The molecule has 1 fully saturated rings. The van der Waals surface area contributed by atoms with Crippen LogP contribution in [0.4, 0.5) is 0 Å². The lowest BCUT2D eigenvalue weighted by atomic mass is 9.91. The third kappa shape index (κ3) is 3.76. The minimum absolute atomic E-state index is 0.000110. The van der Waals surface area contributed by atoms with Crippen molar-refractivity contribution in [2.24, 2.45) is 11.1 Å². The third-order valence-electron chi connectivity index (χ3n) is 2.77. The summed E-state index contributed by atoms with van der Waals surface area (Å²) in [5.74, 6) is 0.210. The standard InChI is InChI=1S/C12H24N2O2/c1-9-8-16-10(6-13)7-14(9)11(15)5-12(2,3)4/h9-10H,5-8,13H2,1-4H3. The number of carbonyl (C=O) groups excluding carboxylic acids is 1. The maximum atomic E-state index is 12.1. The van der Waals surface area contributed by atoms with Crippen LogP contribution in [0.1, 0.15) is 34.1 Å². The molecule has 1 saturated heterocycles. The Labute approximate surface area is 98.1 Å². The Balaban J connectivity index is 2.59. The summed E-state index contributed by atoms with van der Waals surface area (Å²) < 4.78 is 5.53. The molecular weight excluding hydrogens is 204 g/mol. The average molecular weight is 228 g/mol. The maximum absolute atomic E-state index is 12.1. The second-order valence-corrected chi connectivity index (χ2v) is 5.82. The van der Waals surface area contributed by atoms with E-state index in [1.807, 2.05) is 11.8 Å². The highest BCUT2D eigenvalue weighted by Crippen LogP contribution is 2.22. The van der Waals surface area contributed by atoms with Crippen LogP contribution in [0.15, 0.2) is 0 Å². The Bertz CT molecular complexity index is 248. The second-order valence-electron chi connectivity index (χ2n) is 5.82. The normalized spacial score (nSPS) is 26.9. The van der Waals surface area contributed by atoms with Crippen LogP contribution < -0.4 is 5.73 Å². The van der Waals surface area contributed by atoms with Gasteiger partial charge in [-0.2, -0.15) is 0 Å². The number of nitrogens with zero attached hydrogens (tertiary/aromatic N) is 1. The molecule has 0 aromatic heterocycles. The van der Waals surface area contributed by atoms with Gasteiger partial charge in [-0.1, -0.05) is 20.8 Å². The molecule has 2 atom stereocenters. The first-order chi connectivity index (χ1) is 7.33. The number of carbonyl (C=O) groups is 1. The lowest BCUT2D eigenvalue weighted by Gasteiger charge is -2.38. The van der Waals surface area contributed by atoms with Gasteiger partial charge in [0.15, 0.2) is 0 Å². The maximum Gasteiger partial charge on any atom is 0.223 e. The van der Waals surface area contributed by atoms with Crippen molar-refractivity contribution in [3.8, 4) is 0 Å². The fraction of sp³-hybridized carbons (Fsp3) is 0.917. The van der Waals surface area contributed by atoms with E-state index in [0.717, 1.165) is 0 Å². The summed E-state index contributed by atoms with van der Waals surface area (Å²) in [6.07, 6.45) is 0.578. The van der Waals surface area contributed by atoms with Crippen molar-refractivity contribution in [1.29, 1.82) is 0 Å². The molecule has 2 unspecified atom stereocenters. The number of morpholine rings is 1. The lowest BCUT2D eigenvalue weighted by Crippen LogP contribution is -2.53. The molecule has 1 aliphatic rings. The van der Waals surface area contributed by atoms with Gasteiger partial charge in [-0.3, -0.25) is 4.79 Å². The quantitative estimate of drug-likeness (QED) is 0.767. The predicted molar refractivity (Wildman–Crippen MR) is 64.0 cm³/mol. The van der Waals surface area contributed by atoms with Gasteiger partial charge in [0, 0.05) is 19.5 Å². The van der Waals surface area contributed by atoms with E-state index in [-0.39, 0.29) is 23.5 Å². The Morgan fingerprint density at radius 1 is 1.50 bits per heavy atom. The summed E-state index contributed by atoms with van der Waals surface area (Å²) >= 11 is 0. The van der Waals surface area contributed by atoms with Crippen LogP contribution in [-0.2, 0) is 9.53 Å². The summed E-state index contributed by atoms with van der Waals surface area (Å²) in [6, 6.07) is 0.164. The van der Waals surface area contributed by atoms with E-state index in [1.54, 1.807) is 0 Å². The van der Waals surface area contributed by atoms with Gasteiger partial charge in [-0.05, 0) is 12.3 Å². The molecule has 16 heavy (non-hydrogen) atoms. The molecule has 1 aliphatic heterocycles. The van der Waals surface area contributed by atoms with Gasteiger partial charge in [0.25, 0.3) is 0 Å². The smallest absolute Gasteiger partial charge is 0.223 e. The van der Waals surface area contributed by atoms with E-state index >= 15 is 0 Å². The van der Waals surface area contributed by atoms with Crippen molar-refractivity contribution >= 4 is 5.91 Å². The van der Waals surface area contributed by atoms with Crippen LogP contribution in [0.2, 0.25) is 0 Å². The number of nitrogens with two attached hydrogens (primary N) is 1. The molecule has 94 valence electrons. The van der Waals surface area contributed by atoms with Crippen LogP contribution in [0, 0.1) is 5.41 Å². The second kappa shape index (κ2) is 5.15. The molecule has 1 heterocycles. The molecule has 0 aromatic rings. The molecule has 0 aliphatic carbocycles. The summed E-state index contributed by atoms with van der Waals surface area (Å²) in [7, 11) is 0. The van der Waals surface area contributed by atoms with Crippen molar-refractivity contribution in [3.63, 3.8) is 0 Å². The van der Waals surface area contributed by atoms with E-state index in [2.05, 4.69) is 20.8 Å². The van der Waals surface area contributed by atoms with Crippen LogP contribution in [0.3, 0.4) is 0 Å². The lowest BCUT2D eigenvalue weighted by molar-refractivity contribution is -0.145. The number of amides is 1. The molecule has 0 aromatic carbocycles. The molecule has 0 saturated carbocycles. The van der Waals surface area contributed by atoms with Gasteiger partial charge < -0.3 is 15.4 Å². The van der Waals surface area contributed by atoms with Crippen molar-refractivity contribution in [3.05, 3.63) is 0 Å². The van der Waals surface area contributed by atoms with E-state index in [4.69, 9.17) is 10.5 Å². The largest absolute Gasteiger partial charge is 0.373 e. The monoisotopic (exact) mass is 228 g/mol. The first-order valence-corrected chi connectivity index (χ1v) is 5.94. The zero-order valence-corrected chi connectivity index (χ0v) is 10.8. The minimum atomic E-state index is 0.000110. The van der Waals surface area contributed by atoms with E-state index < -0.39 is 0 Å². The molecule has 0 radical (unpaired) electrons. The van der Waals surface area contributed by atoms with Crippen molar-refractivity contribution < 1.29 is 9.53 Å². The van der Waals surface area contributed by atoms with Crippen LogP contribution in [0.5, 0.6) is 0 Å². The van der Waals surface area contributed by atoms with Gasteiger partial charge >= 0.3 is 0 Å². The van der Waals surface area contributed by atoms with Gasteiger partial charge in [-0.25, -0.2) is 0 Å². The van der Waals surface area contributed by atoms with Crippen molar-refractivity contribution in [2.75, 3.05) is 19.7 Å². The first kappa shape index (κ1) is 13.5. The number of ether oxygens (including phenoxy) is 1. The molecule has 2 N–H and O–H groups in total. The minimum Gasteiger partial charge on any atom is -0.373 e. The third-order valence-corrected chi connectivity index (χ3v) is 2.77. The van der Waals surface area contributed by atoms with Crippen molar-refractivity contribution in [1.82, 2.24) is 4.90 Å². The zero-order valence-electron chi connectivity index (χ0n) is 10.8. The summed E-state index contributed by atoms with van der Waals surface area (Å²) in [5.41, 5.74) is 5.61. The molecule has 1 amide bonds. The molecule has 4 nitrogen and oxygen atoms in total. The number of hydrogen-bond acceptors (Lipinski definition) is 3. The zero-order chi connectivity index (χ0) is 12.3. The summed E-state index contributed by atoms with van der Waals surface area (Å²) in [5, 5.41) is 0. The highest BCUT2D eigenvalue weighted by atomic mass is 16.5. The van der Waals surface area contributed by atoms with Gasteiger partial charge in [0.2, 0.25) is 5.91 Å². The summed E-state index contributed by atoms with van der Waals surface area (Å²) in [6.45, 7) is 9.97. The molecular formula is C12H24N2O2. The highest BCUT2D eigenvalue weighted by molar-refractivity contribution is 5.77. The van der Waals surface area contributed by atoms with Gasteiger partial charge in [0.1, 0.15) is 0 Å². The predicted octanol–water partition coefficient (Wildman–Crippen LogP) is 0.997. The SMILES string of the molecule is CC1COC(CN)CN1C(=O)CC(C)(C)C. The molecule has 4 heteroatoms. The van der Waals surface area contributed by atoms with Crippen molar-refractivity contribution in [2.45, 2.75) is 46.3 Å².